The topological polar surface area (TPSA) is 29.0 Å². The second-order valence-corrected chi connectivity index (χ2v) is 6.20. The van der Waals surface area contributed by atoms with E-state index in [1.54, 1.807) is 4.90 Å². The lowest BCUT2D eigenvalue weighted by Gasteiger charge is -2.19. The lowest BCUT2D eigenvalue weighted by atomic mass is 9.96. The van der Waals surface area contributed by atoms with E-state index in [2.05, 4.69) is 25.3 Å². The third kappa shape index (κ3) is 4.46. The van der Waals surface area contributed by atoms with Gasteiger partial charge < -0.3 is 4.90 Å². The molecule has 0 bridgehead atoms. The van der Waals surface area contributed by atoms with Crippen LogP contribution in [0.25, 0.3) is 0 Å². The van der Waals surface area contributed by atoms with Crippen molar-refractivity contribution in [2.75, 3.05) is 23.3 Å². The molecule has 0 fully saturated rings. The molecule has 7 heteroatoms. The summed E-state index contributed by atoms with van der Waals surface area (Å²) in [6.45, 7) is 6.20. The van der Waals surface area contributed by atoms with Crippen LogP contribution in [0.2, 0.25) is 0 Å². The first-order valence-corrected chi connectivity index (χ1v) is 7.17. The predicted molar refractivity (Wildman–Crippen MR) is 70.6 cm³/mol. The zero-order valence-electron chi connectivity index (χ0n) is 10.1. The van der Waals surface area contributed by atoms with Gasteiger partial charge >= 0.3 is 0 Å². The van der Waals surface area contributed by atoms with E-state index in [-0.39, 0.29) is 12.0 Å². The Hall–Kier alpha value is -0.300. The molecule has 1 rings (SSSR count). The Balaban J connectivity index is 2.84. The van der Waals surface area contributed by atoms with Crippen LogP contribution >= 0.6 is 27.5 Å². The lowest BCUT2D eigenvalue weighted by molar-refractivity contribution is 0.155. The minimum Gasteiger partial charge on any atom is -0.340 e. The number of rotatable bonds is 5. The molecule has 0 aromatic carbocycles. The first-order chi connectivity index (χ1) is 7.84. The van der Waals surface area contributed by atoms with Crippen LogP contribution in [-0.2, 0) is 5.41 Å². The molecule has 0 aliphatic rings. The smallest absolute Gasteiger partial charge is 0.255 e. The van der Waals surface area contributed by atoms with Crippen molar-refractivity contribution in [3.05, 3.63) is 5.82 Å². The molecule has 17 heavy (non-hydrogen) atoms. The molecule has 0 atom stereocenters. The van der Waals surface area contributed by atoms with Crippen LogP contribution in [0.3, 0.4) is 0 Å². The number of hydrogen-bond donors (Lipinski definition) is 0. The summed E-state index contributed by atoms with van der Waals surface area (Å²) in [7, 11) is 0. The van der Waals surface area contributed by atoms with Crippen LogP contribution in [0.15, 0.2) is 0 Å². The largest absolute Gasteiger partial charge is 0.340 e. The Labute approximate surface area is 113 Å². The Morgan fingerprint density at radius 3 is 2.47 bits per heavy atom. The van der Waals surface area contributed by atoms with Gasteiger partial charge in [-0.1, -0.05) is 36.7 Å². The van der Waals surface area contributed by atoms with Crippen molar-refractivity contribution in [3.8, 4) is 0 Å². The van der Waals surface area contributed by atoms with E-state index in [4.69, 9.17) is 0 Å². The molecule has 0 aliphatic heterocycles. The van der Waals surface area contributed by atoms with Crippen LogP contribution in [0.1, 0.15) is 26.6 Å². The van der Waals surface area contributed by atoms with Gasteiger partial charge in [0.05, 0.1) is 6.54 Å². The Kier molecular flexibility index (Phi) is 5.24. The second-order valence-electron chi connectivity index (χ2n) is 4.68. The number of hydrogen-bond acceptors (Lipinski definition) is 4. The first-order valence-electron chi connectivity index (χ1n) is 5.28. The monoisotopic (exact) mass is 327 g/mol. The van der Waals surface area contributed by atoms with Crippen molar-refractivity contribution < 1.29 is 8.78 Å². The molecule has 1 heterocycles. The normalized spacial score (nSPS) is 12.2. The summed E-state index contributed by atoms with van der Waals surface area (Å²) in [6.07, 6.45) is -2.36. The molecule has 0 amide bonds. The quantitative estimate of drug-likeness (QED) is 0.777. The molecule has 98 valence electrons. The van der Waals surface area contributed by atoms with Crippen molar-refractivity contribution in [1.82, 2.24) is 9.36 Å². The molecule has 1 aromatic rings. The van der Waals surface area contributed by atoms with E-state index >= 15 is 0 Å². The Morgan fingerprint density at radius 1 is 1.41 bits per heavy atom. The molecule has 0 saturated carbocycles. The highest BCUT2D eigenvalue weighted by Gasteiger charge is 2.22. The van der Waals surface area contributed by atoms with Gasteiger partial charge in [0.2, 0.25) is 5.13 Å². The minimum atomic E-state index is -2.36. The highest BCUT2D eigenvalue weighted by molar-refractivity contribution is 9.09. The van der Waals surface area contributed by atoms with E-state index in [1.807, 2.05) is 20.8 Å². The van der Waals surface area contributed by atoms with Gasteiger partial charge in [-0.05, 0) is 0 Å². The molecule has 3 nitrogen and oxygen atoms in total. The Bertz CT molecular complexity index is 352. The van der Waals surface area contributed by atoms with E-state index in [0.717, 1.165) is 0 Å². The summed E-state index contributed by atoms with van der Waals surface area (Å²) in [4.78, 5) is 5.89. The van der Waals surface area contributed by atoms with Crippen LogP contribution in [0.4, 0.5) is 13.9 Å². The fraction of sp³-hybridized carbons (Fsp3) is 0.800. The molecular weight excluding hydrogens is 312 g/mol. The van der Waals surface area contributed by atoms with E-state index < -0.39 is 6.43 Å². The zero-order valence-corrected chi connectivity index (χ0v) is 12.5. The van der Waals surface area contributed by atoms with Gasteiger partial charge in [-0.3, -0.25) is 0 Å². The summed E-state index contributed by atoms with van der Waals surface area (Å²) in [5.41, 5.74) is -0.153. The number of alkyl halides is 3. The van der Waals surface area contributed by atoms with Crippen LogP contribution in [0, 0.1) is 0 Å². The van der Waals surface area contributed by atoms with Crippen molar-refractivity contribution in [1.29, 1.82) is 0 Å². The maximum atomic E-state index is 12.4. The molecule has 0 unspecified atom stereocenters. The maximum Gasteiger partial charge on any atom is 0.255 e. The fourth-order valence-corrected chi connectivity index (χ4v) is 2.50. The van der Waals surface area contributed by atoms with Crippen LogP contribution < -0.4 is 4.90 Å². The summed E-state index contributed by atoms with van der Waals surface area (Å²) < 4.78 is 29.1. The maximum absolute atomic E-state index is 12.4. The molecule has 0 spiro atoms. The standard InChI is InChI=1S/C10H16BrF2N3S/c1-10(2,3)8-14-9(17-15-8)16(5-4-11)6-7(12)13/h7H,4-6H2,1-3H3. The van der Waals surface area contributed by atoms with Crippen molar-refractivity contribution in [2.45, 2.75) is 32.6 Å². The van der Waals surface area contributed by atoms with Crippen molar-refractivity contribution >= 4 is 32.6 Å². The van der Waals surface area contributed by atoms with Gasteiger partial charge in [0.1, 0.15) is 5.82 Å². The average Bonchev–Trinajstić information content (AvgIpc) is 2.64. The van der Waals surface area contributed by atoms with Gasteiger partial charge in [0.15, 0.2) is 0 Å². The summed E-state index contributed by atoms with van der Waals surface area (Å²) >= 11 is 4.43. The summed E-state index contributed by atoms with van der Waals surface area (Å²) in [6, 6.07) is 0. The van der Waals surface area contributed by atoms with Gasteiger partial charge in [-0.2, -0.15) is 4.37 Å². The van der Waals surface area contributed by atoms with Gasteiger partial charge in [-0.25, -0.2) is 13.8 Å². The van der Waals surface area contributed by atoms with E-state index in [9.17, 15) is 8.78 Å². The summed E-state index contributed by atoms with van der Waals surface area (Å²) in [5.74, 6) is 0.700. The first kappa shape index (κ1) is 14.8. The molecule has 0 N–H and O–H groups in total. The highest BCUT2D eigenvalue weighted by Crippen LogP contribution is 2.25. The molecule has 0 radical (unpaired) electrons. The zero-order chi connectivity index (χ0) is 13.1. The van der Waals surface area contributed by atoms with E-state index in [1.165, 1.54) is 11.5 Å². The van der Waals surface area contributed by atoms with Crippen molar-refractivity contribution in [2.24, 2.45) is 0 Å². The molecule has 0 saturated heterocycles. The fourth-order valence-electron chi connectivity index (χ4n) is 1.18. The van der Waals surface area contributed by atoms with Crippen molar-refractivity contribution in [3.63, 3.8) is 0 Å². The van der Waals surface area contributed by atoms with Gasteiger partial charge in [0.25, 0.3) is 6.43 Å². The van der Waals surface area contributed by atoms with Gasteiger partial charge in [-0.15, -0.1) is 0 Å². The van der Waals surface area contributed by atoms with Crippen LogP contribution in [-0.4, -0.2) is 34.2 Å². The Morgan fingerprint density at radius 2 is 2.06 bits per heavy atom. The third-order valence-electron chi connectivity index (χ3n) is 2.07. The average molecular weight is 328 g/mol. The number of aromatic nitrogens is 2. The predicted octanol–water partition coefficient (Wildman–Crippen LogP) is 3.30. The molecular formula is C10H16BrF2N3S. The lowest BCUT2D eigenvalue weighted by Crippen LogP contribution is -2.30. The number of halogens is 3. The molecule has 1 aromatic heterocycles. The van der Waals surface area contributed by atoms with E-state index in [0.29, 0.717) is 22.8 Å². The summed E-state index contributed by atoms with van der Waals surface area (Å²) in [5, 5.41) is 1.19. The third-order valence-corrected chi connectivity index (χ3v) is 3.20. The van der Waals surface area contributed by atoms with Crippen LogP contribution in [0.5, 0.6) is 0 Å². The molecule has 0 aliphatic carbocycles. The number of anilines is 1. The number of nitrogens with zero attached hydrogens (tertiary/aromatic N) is 3. The van der Waals surface area contributed by atoms with Gasteiger partial charge in [0, 0.05) is 28.8 Å². The second kappa shape index (κ2) is 6.04. The highest BCUT2D eigenvalue weighted by atomic mass is 79.9. The SMILES string of the molecule is CC(C)(C)c1nsc(N(CCBr)CC(F)F)n1. The minimum absolute atomic E-state index is 0.153.